The molecule has 2 rings (SSSR count). The molecule has 0 aliphatic heterocycles. The fourth-order valence-electron chi connectivity index (χ4n) is 1.87. The zero-order valence-electron chi connectivity index (χ0n) is 11.7. The summed E-state index contributed by atoms with van der Waals surface area (Å²) in [6.45, 7) is 3.61. The van der Waals surface area contributed by atoms with E-state index in [1.165, 1.54) is 10.7 Å². The molecule has 0 saturated carbocycles. The van der Waals surface area contributed by atoms with Crippen LogP contribution in [0.15, 0.2) is 35.2 Å². The van der Waals surface area contributed by atoms with Crippen LogP contribution in [0.3, 0.4) is 0 Å². The maximum absolute atomic E-state index is 12.3. The maximum Gasteiger partial charge on any atom is 0.263 e. The molecule has 1 aromatic carbocycles. The third-order valence-electron chi connectivity index (χ3n) is 2.94. The third-order valence-corrected chi connectivity index (χ3v) is 4.29. The maximum atomic E-state index is 12.3. The van der Waals surface area contributed by atoms with Crippen molar-refractivity contribution in [3.8, 4) is 0 Å². The summed E-state index contributed by atoms with van der Waals surface area (Å²) in [6, 6.07) is 8.06. The average Bonchev–Trinajstić information content (AvgIpc) is 2.67. The van der Waals surface area contributed by atoms with Crippen LogP contribution in [0.1, 0.15) is 24.2 Å². The molecule has 2 aromatic rings. The van der Waals surface area contributed by atoms with Crippen LogP contribution >= 0.6 is 0 Å². The van der Waals surface area contributed by atoms with Crippen molar-refractivity contribution in [3.05, 3.63) is 41.6 Å². The summed E-state index contributed by atoms with van der Waals surface area (Å²) >= 11 is 0. The molecule has 6 nitrogen and oxygen atoms in total. The van der Waals surface area contributed by atoms with E-state index >= 15 is 0 Å². The number of hydrogen-bond donors (Lipinski definition) is 2. The van der Waals surface area contributed by atoms with Gasteiger partial charge in [-0.3, -0.25) is 9.40 Å². The molecule has 0 bridgehead atoms. The number of nitrogens with two attached hydrogens (primary N) is 1. The highest BCUT2D eigenvalue weighted by atomic mass is 32.2. The van der Waals surface area contributed by atoms with Crippen LogP contribution < -0.4 is 10.5 Å². The first-order chi connectivity index (χ1) is 9.29. The Morgan fingerprint density at radius 1 is 1.35 bits per heavy atom. The van der Waals surface area contributed by atoms with Crippen molar-refractivity contribution in [1.29, 1.82) is 0 Å². The van der Waals surface area contributed by atoms with Crippen molar-refractivity contribution in [2.45, 2.75) is 24.8 Å². The van der Waals surface area contributed by atoms with E-state index in [1.54, 1.807) is 38.2 Å². The van der Waals surface area contributed by atoms with Gasteiger partial charge in [-0.05, 0) is 31.5 Å². The molecule has 0 spiro atoms. The molecule has 0 aliphatic rings. The molecule has 0 radical (unpaired) electrons. The van der Waals surface area contributed by atoms with Gasteiger partial charge in [0.25, 0.3) is 10.0 Å². The van der Waals surface area contributed by atoms with Crippen molar-refractivity contribution >= 4 is 15.8 Å². The van der Waals surface area contributed by atoms with E-state index in [4.69, 9.17) is 5.73 Å². The Morgan fingerprint density at radius 2 is 2.05 bits per heavy atom. The lowest BCUT2D eigenvalue weighted by Gasteiger charge is -2.10. The van der Waals surface area contributed by atoms with E-state index < -0.39 is 10.0 Å². The summed E-state index contributed by atoms with van der Waals surface area (Å²) in [6.07, 6.45) is 0. The van der Waals surface area contributed by atoms with Crippen LogP contribution in [0.5, 0.6) is 0 Å². The van der Waals surface area contributed by atoms with E-state index in [-0.39, 0.29) is 10.9 Å². The van der Waals surface area contributed by atoms with Crippen LogP contribution in [0, 0.1) is 6.92 Å². The molecule has 0 amide bonds. The van der Waals surface area contributed by atoms with Gasteiger partial charge in [0.05, 0.1) is 10.6 Å². The molecule has 20 heavy (non-hydrogen) atoms. The van der Waals surface area contributed by atoms with Crippen LogP contribution in [0.2, 0.25) is 0 Å². The first kappa shape index (κ1) is 14.5. The Bertz CT molecular complexity index is 720. The minimum absolute atomic E-state index is 0.186. The highest BCUT2D eigenvalue weighted by Gasteiger charge is 2.17. The van der Waals surface area contributed by atoms with Gasteiger partial charge in [0.2, 0.25) is 0 Å². The van der Waals surface area contributed by atoms with Gasteiger partial charge in [-0.15, -0.1) is 0 Å². The van der Waals surface area contributed by atoms with Crippen LogP contribution in [-0.4, -0.2) is 18.2 Å². The Balaban J connectivity index is 2.35. The molecule has 1 atom stereocenters. The molecule has 0 saturated heterocycles. The van der Waals surface area contributed by atoms with E-state index in [9.17, 15) is 8.42 Å². The summed E-state index contributed by atoms with van der Waals surface area (Å²) in [5.41, 5.74) is 7.29. The van der Waals surface area contributed by atoms with Gasteiger partial charge in [0.15, 0.2) is 0 Å². The lowest BCUT2D eigenvalue weighted by molar-refractivity contribution is 0.600. The zero-order chi connectivity index (χ0) is 14.9. The number of sulfonamides is 1. The summed E-state index contributed by atoms with van der Waals surface area (Å²) in [5.74, 6) is 0.425. The number of benzene rings is 1. The third kappa shape index (κ3) is 3.00. The number of aromatic nitrogens is 2. The largest absolute Gasteiger partial charge is 0.324 e. The second kappa shape index (κ2) is 5.26. The lowest BCUT2D eigenvalue weighted by atomic mass is 10.1. The monoisotopic (exact) mass is 294 g/mol. The van der Waals surface area contributed by atoms with Crippen molar-refractivity contribution in [2.75, 3.05) is 4.72 Å². The number of anilines is 1. The summed E-state index contributed by atoms with van der Waals surface area (Å²) in [4.78, 5) is 0.186. The molecular formula is C13H18N4O2S. The van der Waals surface area contributed by atoms with E-state index in [0.717, 1.165) is 11.3 Å². The normalized spacial score (nSPS) is 13.2. The van der Waals surface area contributed by atoms with Crippen LogP contribution in [0.4, 0.5) is 5.82 Å². The Morgan fingerprint density at radius 3 is 2.60 bits per heavy atom. The molecule has 7 heteroatoms. The van der Waals surface area contributed by atoms with Crippen molar-refractivity contribution < 1.29 is 8.42 Å². The van der Waals surface area contributed by atoms with Crippen molar-refractivity contribution in [2.24, 2.45) is 12.8 Å². The molecule has 1 aromatic heterocycles. The quantitative estimate of drug-likeness (QED) is 0.895. The number of rotatable bonds is 4. The average molecular weight is 294 g/mol. The number of nitrogens with zero attached hydrogens (tertiary/aromatic N) is 2. The Labute approximate surface area is 118 Å². The van der Waals surface area contributed by atoms with Gasteiger partial charge in [-0.25, -0.2) is 8.42 Å². The minimum atomic E-state index is -3.64. The molecule has 3 N–H and O–H groups in total. The molecule has 0 aliphatic carbocycles. The first-order valence-electron chi connectivity index (χ1n) is 6.18. The van der Waals surface area contributed by atoms with E-state index in [1.807, 2.05) is 6.92 Å². The van der Waals surface area contributed by atoms with Gasteiger partial charge in [-0.1, -0.05) is 12.1 Å². The summed E-state index contributed by atoms with van der Waals surface area (Å²) in [7, 11) is -1.96. The van der Waals surface area contributed by atoms with Gasteiger partial charge >= 0.3 is 0 Å². The van der Waals surface area contributed by atoms with Gasteiger partial charge < -0.3 is 5.73 Å². The summed E-state index contributed by atoms with van der Waals surface area (Å²) in [5, 5.41) is 4.10. The predicted molar refractivity (Wildman–Crippen MR) is 77.8 cm³/mol. The lowest BCUT2D eigenvalue weighted by Crippen LogP contribution is -2.16. The van der Waals surface area contributed by atoms with Gasteiger partial charge in [0.1, 0.15) is 5.82 Å². The fourth-order valence-corrected chi connectivity index (χ4v) is 3.00. The van der Waals surface area contributed by atoms with Gasteiger partial charge in [0, 0.05) is 19.2 Å². The molecular weight excluding hydrogens is 276 g/mol. The Hall–Kier alpha value is -1.86. The Kier molecular flexibility index (Phi) is 3.82. The van der Waals surface area contributed by atoms with Crippen LogP contribution in [0.25, 0.3) is 0 Å². The highest BCUT2D eigenvalue weighted by molar-refractivity contribution is 7.92. The first-order valence-corrected chi connectivity index (χ1v) is 7.67. The molecule has 108 valence electrons. The second-order valence-electron chi connectivity index (χ2n) is 4.76. The number of nitrogens with one attached hydrogen (secondary N) is 1. The number of hydrogen-bond acceptors (Lipinski definition) is 4. The molecule has 1 heterocycles. The van der Waals surface area contributed by atoms with E-state index in [2.05, 4.69) is 9.82 Å². The van der Waals surface area contributed by atoms with Crippen LogP contribution in [-0.2, 0) is 17.1 Å². The van der Waals surface area contributed by atoms with E-state index in [0.29, 0.717) is 5.82 Å². The zero-order valence-corrected chi connectivity index (χ0v) is 12.5. The number of aryl methyl sites for hydroxylation is 2. The SMILES string of the molecule is Cc1cc(NS(=O)(=O)c2cccc(C(C)N)c2)n(C)n1. The second-order valence-corrected chi connectivity index (χ2v) is 6.44. The molecule has 0 fully saturated rings. The smallest absolute Gasteiger partial charge is 0.263 e. The minimum Gasteiger partial charge on any atom is -0.324 e. The standard InChI is InChI=1S/C13H18N4O2S/c1-9-7-13(17(3)15-9)16-20(18,19)12-6-4-5-11(8-12)10(2)14/h4-8,10,16H,14H2,1-3H3. The topological polar surface area (TPSA) is 90.0 Å². The van der Waals surface area contributed by atoms with Crippen molar-refractivity contribution in [3.63, 3.8) is 0 Å². The van der Waals surface area contributed by atoms with Crippen molar-refractivity contribution in [1.82, 2.24) is 9.78 Å². The fraction of sp³-hybridized carbons (Fsp3) is 0.308. The summed E-state index contributed by atoms with van der Waals surface area (Å²) < 4.78 is 28.7. The highest BCUT2D eigenvalue weighted by Crippen LogP contribution is 2.19. The van der Waals surface area contributed by atoms with Gasteiger partial charge in [-0.2, -0.15) is 5.10 Å². The molecule has 1 unspecified atom stereocenters. The predicted octanol–water partition coefficient (Wildman–Crippen LogP) is 1.55.